The standard InChI is InChI=1S/C30H50N2O12S2/c1-27(2,3)41-21(35)17(33)19(23(37)43-29(7,8)9)39-25(45)31-13-15-32(16-14-31)26(46)40-20(24(38)44-30(10,11)12)18(34)22(36)42-28(4,5)6/h17-20,33-34H,13-16H2,1-12H3/t17-,18-,19-,20-/m1/s1. The summed E-state index contributed by atoms with van der Waals surface area (Å²) in [6.45, 7) is 20.0. The Bertz CT molecular complexity index is 1040. The minimum atomic E-state index is -2.03. The smallest absolute Gasteiger partial charge is 0.351 e. The molecule has 4 atom stereocenters. The molecule has 0 bridgehead atoms. The molecule has 1 saturated heterocycles. The van der Waals surface area contributed by atoms with Gasteiger partial charge in [0.15, 0.2) is 12.2 Å². The zero-order chi connectivity index (χ0) is 36.0. The van der Waals surface area contributed by atoms with Gasteiger partial charge < -0.3 is 48.4 Å². The predicted octanol–water partition coefficient (Wildman–Crippen LogP) is 2.03. The monoisotopic (exact) mass is 694 g/mol. The Morgan fingerprint density at radius 2 is 0.717 bits per heavy atom. The van der Waals surface area contributed by atoms with Crippen molar-refractivity contribution in [2.45, 2.75) is 130 Å². The van der Waals surface area contributed by atoms with E-state index in [1.807, 2.05) is 0 Å². The van der Waals surface area contributed by atoms with E-state index in [4.69, 9.17) is 52.9 Å². The molecule has 1 rings (SSSR count). The summed E-state index contributed by atoms with van der Waals surface area (Å²) in [5.74, 6) is -4.21. The number of nitrogens with zero attached hydrogens (tertiary/aromatic N) is 2. The molecule has 0 unspecified atom stereocenters. The molecule has 0 radical (unpaired) electrons. The molecule has 0 aliphatic carbocycles. The number of hydrogen-bond acceptors (Lipinski definition) is 14. The van der Waals surface area contributed by atoms with Gasteiger partial charge in [-0.1, -0.05) is 0 Å². The van der Waals surface area contributed by atoms with E-state index in [0.29, 0.717) is 0 Å². The number of carbonyl (C=O) groups is 4. The maximum Gasteiger partial charge on any atom is 0.351 e. The Kier molecular flexibility index (Phi) is 14.2. The van der Waals surface area contributed by atoms with Crippen molar-refractivity contribution in [2.75, 3.05) is 26.2 Å². The van der Waals surface area contributed by atoms with Crippen molar-refractivity contribution < 1.29 is 57.8 Å². The predicted molar refractivity (Wildman–Crippen MR) is 173 cm³/mol. The van der Waals surface area contributed by atoms with Gasteiger partial charge in [0.2, 0.25) is 12.2 Å². The summed E-state index contributed by atoms with van der Waals surface area (Å²) in [6.07, 6.45) is -7.69. The summed E-state index contributed by atoms with van der Waals surface area (Å²) < 4.78 is 32.4. The number of rotatable bonds is 8. The Morgan fingerprint density at radius 1 is 0.500 bits per heavy atom. The fourth-order valence-electron chi connectivity index (χ4n) is 3.61. The summed E-state index contributed by atoms with van der Waals surface area (Å²) in [5.41, 5.74) is -3.80. The van der Waals surface area contributed by atoms with Crippen molar-refractivity contribution in [2.24, 2.45) is 0 Å². The maximum absolute atomic E-state index is 12.9. The van der Waals surface area contributed by atoms with Gasteiger partial charge >= 0.3 is 23.9 Å². The molecule has 2 N–H and O–H groups in total. The second-order valence-electron chi connectivity index (χ2n) is 14.6. The lowest BCUT2D eigenvalue weighted by atomic mass is 10.1. The lowest BCUT2D eigenvalue weighted by Crippen LogP contribution is -2.55. The first-order valence-electron chi connectivity index (χ1n) is 14.8. The van der Waals surface area contributed by atoms with Crippen LogP contribution in [0, 0.1) is 0 Å². The van der Waals surface area contributed by atoms with Crippen LogP contribution in [0.1, 0.15) is 83.1 Å². The Hall–Kier alpha value is -2.82. The van der Waals surface area contributed by atoms with Gasteiger partial charge in [0.25, 0.3) is 10.3 Å². The number of carbonyl (C=O) groups excluding carboxylic acids is 4. The third-order valence-electron chi connectivity index (χ3n) is 5.40. The molecule has 0 aromatic heterocycles. The number of piperazine rings is 1. The molecular weight excluding hydrogens is 644 g/mol. The number of aliphatic hydroxyl groups excluding tert-OH is 2. The van der Waals surface area contributed by atoms with E-state index in [9.17, 15) is 29.4 Å². The molecule has 0 aromatic carbocycles. The maximum atomic E-state index is 12.9. The highest BCUT2D eigenvalue weighted by Crippen LogP contribution is 2.20. The Balaban J connectivity index is 3.02. The summed E-state index contributed by atoms with van der Waals surface area (Å²) in [4.78, 5) is 54.2. The first-order chi connectivity index (χ1) is 20.6. The van der Waals surface area contributed by atoms with Gasteiger partial charge in [-0.05, 0) is 108 Å². The molecule has 0 aromatic rings. The molecule has 1 fully saturated rings. The van der Waals surface area contributed by atoms with Crippen LogP contribution in [0.15, 0.2) is 0 Å². The zero-order valence-electron chi connectivity index (χ0n) is 28.8. The van der Waals surface area contributed by atoms with Crippen LogP contribution in [-0.4, -0.2) is 127 Å². The molecule has 14 nitrogen and oxygen atoms in total. The van der Waals surface area contributed by atoms with Crippen molar-refractivity contribution >= 4 is 58.7 Å². The van der Waals surface area contributed by atoms with E-state index >= 15 is 0 Å². The summed E-state index contributed by atoms with van der Waals surface area (Å²) in [6, 6.07) is 0. The first-order valence-corrected chi connectivity index (χ1v) is 15.6. The van der Waals surface area contributed by atoms with Crippen LogP contribution < -0.4 is 0 Å². The van der Waals surface area contributed by atoms with E-state index in [2.05, 4.69) is 0 Å². The van der Waals surface area contributed by atoms with Crippen molar-refractivity contribution in [1.82, 2.24) is 9.80 Å². The molecule has 46 heavy (non-hydrogen) atoms. The Labute approximate surface area is 281 Å². The van der Waals surface area contributed by atoms with E-state index < -0.39 is 70.7 Å². The van der Waals surface area contributed by atoms with Crippen LogP contribution >= 0.6 is 24.4 Å². The van der Waals surface area contributed by atoms with Gasteiger partial charge in [-0.25, -0.2) is 19.2 Å². The molecule has 264 valence electrons. The molecule has 1 aliphatic heterocycles. The number of hydrogen-bond donors (Lipinski definition) is 2. The lowest BCUT2D eigenvalue weighted by molar-refractivity contribution is -0.184. The van der Waals surface area contributed by atoms with E-state index in [-0.39, 0.29) is 36.5 Å². The summed E-state index contributed by atoms with van der Waals surface area (Å²) >= 11 is 10.8. The molecule has 1 aliphatic rings. The zero-order valence-corrected chi connectivity index (χ0v) is 30.5. The normalized spacial score (nSPS) is 17.1. The summed E-state index contributed by atoms with van der Waals surface area (Å²) in [5, 5.41) is 21.0. The number of aliphatic hydroxyl groups is 2. The lowest BCUT2D eigenvalue weighted by Gasteiger charge is -2.38. The molecule has 0 amide bonds. The highest BCUT2D eigenvalue weighted by molar-refractivity contribution is 7.80. The van der Waals surface area contributed by atoms with Gasteiger partial charge in [0.1, 0.15) is 22.4 Å². The van der Waals surface area contributed by atoms with Gasteiger partial charge in [-0.2, -0.15) is 0 Å². The largest absolute Gasteiger partial charge is 0.458 e. The fraction of sp³-hybridized carbons (Fsp3) is 0.800. The molecule has 0 saturated carbocycles. The van der Waals surface area contributed by atoms with Crippen molar-refractivity contribution in [3.63, 3.8) is 0 Å². The van der Waals surface area contributed by atoms with Crippen molar-refractivity contribution in [3.8, 4) is 0 Å². The SMILES string of the molecule is CC(C)(C)OC(=O)[C@H](O)[C@@H](OC(=S)N1CCN(C(=S)O[C@@H](C(=O)OC(C)(C)C)[C@@H](O)C(=O)OC(C)(C)C)CC1)C(=O)OC(C)(C)C. The highest BCUT2D eigenvalue weighted by Gasteiger charge is 2.43. The molecule has 16 heteroatoms. The molecular formula is C30H50N2O12S2. The van der Waals surface area contributed by atoms with E-state index in [1.54, 1.807) is 92.9 Å². The van der Waals surface area contributed by atoms with E-state index in [1.165, 1.54) is 0 Å². The second-order valence-corrected chi connectivity index (χ2v) is 15.3. The van der Waals surface area contributed by atoms with Gasteiger partial charge in [-0.3, -0.25) is 0 Å². The summed E-state index contributed by atoms with van der Waals surface area (Å²) in [7, 11) is 0. The van der Waals surface area contributed by atoms with Crippen molar-refractivity contribution in [3.05, 3.63) is 0 Å². The van der Waals surface area contributed by atoms with Gasteiger partial charge in [0.05, 0.1) is 0 Å². The van der Waals surface area contributed by atoms with Crippen LogP contribution in [0.2, 0.25) is 0 Å². The second kappa shape index (κ2) is 15.8. The minimum absolute atomic E-state index is 0.178. The third-order valence-corrected chi connectivity index (χ3v) is 6.11. The van der Waals surface area contributed by atoms with Crippen molar-refractivity contribution in [1.29, 1.82) is 0 Å². The fourth-order valence-corrected chi connectivity index (χ4v) is 4.18. The van der Waals surface area contributed by atoms with Crippen LogP contribution in [0.4, 0.5) is 0 Å². The topological polar surface area (TPSA) is 171 Å². The highest BCUT2D eigenvalue weighted by atomic mass is 32.1. The third kappa shape index (κ3) is 14.7. The van der Waals surface area contributed by atoms with Gasteiger partial charge in [0, 0.05) is 26.2 Å². The molecule has 0 spiro atoms. The number of ether oxygens (including phenoxy) is 6. The minimum Gasteiger partial charge on any atom is -0.458 e. The van der Waals surface area contributed by atoms with Crippen LogP contribution in [-0.2, 0) is 47.6 Å². The molecule has 1 heterocycles. The van der Waals surface area contributed by atoms with Crippen LogP contribution in [0.3, 0.4) is 0 Å². The van der Waals surface area contributed by atoms with Crippen LogP contribution in [0.25, 0.3) is 0 Å². The average Bonchev–Trinajstić information content (AvgIpc) is 2.85. The Morgan fingerprint density at radius 3 is 0.935 bits per heavy atom. The quantitative estimate of drug-likeness (QED) is 0.215. The number of thiocarbonyl (C=S) groups is 2. The average molecular weight is 695 g/mol. The van der Waals surface area contributed by atoms with Gasteiger partial charge in [-0.15, -0.1) is 0 Å². The van der Waals surface area contributed by atoms with Crippen LogP contribution in [0.5, 0.6) is 0 Å². The first kappa shape index (κ1) is 41.2. The van der Waals surface area contributed by atoms with E-state index in [0.717, 1.165) is 0 Å². The number of esters is 4.